The Labute approximate surface area is 241 Å². The SMILES string of the molecule is COc1ccc(Nc2cc3nc4ccccc4n(-c4ccc(C(F)(F)F)cc4)c-3c/c2=N\C2CCC(OC)CC2)cn1. The molecule has 0 unspecified atom stereocenters. The molecule has 1 aromatic heterocycles. The van der Waals surface area contributed by atoms with Gasteiger partial charge in [-0.2, -0.15) is 13.2 Å². The zero-order valence-electron chi connectivity index (χ0n) is 23.2. The predicted octanol–water partition coefficient (Wildman–Crippen LogP) is 7.15. The van der Waals surface area contributed by atoms with Crippen molar-refractivity contribution in [2.75, 3.05) is 19.5 Å². The maximum atomic E-state index is 13.4. The van der Waals surface area contributed by atoms with Crippen LogP contribution in [0.2, 0.25) is 0 Å². The molecule has 0 saturated heterocycles. The van der Waals surface area contributed by atoms with Crippen LogP contribution >= 0.6 is 0 Å². The van der Waals surface area contributed by atoms with Crippen LogP contribution in [0.15, 0.2) is 84.0 Å². The number of halogens is 3. The van der Waals surface area contributed by atoms with E-state index in [0.717, 1.165) is 65.8 Å². The van der Waals surface area contributed by atoms with Crippen LogP contribution in [-0.2, 0) is 10.9 Å². The fourth-order valence-electron chi connectivity index (χ4n) is 5.46. The summed E-state index contributed by atoms with van der Waals surface area (Å²) in [5.41, 5.74) is 4.29. The highest BCUT2D eigenvalue weighted by Crippen LogP contribution is 2.33. The number of aromatic nitrogens is 3. The van der Waals surface area contributed by atoms with Gasteiger partial charge in [-0.1, -0.05) is 12.1 Å². The van der Waals surface area contributed by atoms with Gasteiger partial charge in [0.25, 0.3) is 0 Å². The van der Waals surface area contributed by atoms with E-state index in [2.05, 4.69) is 10.3 Å². The Hall–Kier alpha value is -4.44. The van der Waals surface area contributed by atoms with Gasteiger partial charge in [0.1, 0.15) is 0 Å². The molecule has 10 heteroatoms. The molecule has 7 nitrogen and oxygen atoms in total. The van der Waals surface area contributed by atoms with Crippen molar-refractivity contribution in [2.24, 2.45) is 4.99 Å². The first-order valence-corrected chi connectivity index (χ1v) is 13.8. The highest BCUT2D eigenvalue weighted by molar-refractivity contribution is 5.84. The summed E-state index contributed by atoms with van der Waals surface area (Å²) in [6.45, 7) is 0. The lowest BCUT2D eigenvalue weighted by atomic mass is 9.93. The van der Waals surface area contributed by atoms with Crippen LogP contribution in [0, 0.1) is 0 Å². The van der Waals surface area contributed by atoms with E-state index in [9.17, 15) is 13.2 Å². The van der Waals surface area contributed by atoms with Crippen molar-refractivity contribution in [1.82, 2.24) is 14.5 Å². The van der Waals surface area contributed by atoms with Gasteiger partial charge in [-0.3, -0.25) is 4.99 Å². The van der Waals surface area contributed by atoms with Gasteiger partial charge in [0.05, 0.1) is 70.2 Å². The van der Waals surface area contributed by atoms with Gasteiger partial charge < -0.3 is 19.4 Å². The number of nitrogens with one attached hydrogen (secondary N) is 1. The number of benzene rings is 3. The van der Waals surface area contributed by atoms with Gasteiger partial charge in [0, 0.05) is 18.9 Å². The maximum Gasteiger partial charge on any atom is 0.416 e. The summed E-state index contributed by atoms with van der Waals surface area (Å²) in [4.78, 5) is 14.4. The number of methoxy groups -OCH3 is 2. The molecule has 0 spiro atoms. The summed E-state index contributed by atoms with van der Waals surface area (Å²) in [5, 5.41) is 4.18. The smallest absolute Gasteiger partial charge is 0.416 e. The summed E-state index contributed by atoms with van der Waals surface area (Å²) in [5.74, 6) is 0.504. The quantitative estimate of drug-likeness (QED) is 0.218. The zero-order chi connectivity index (χ0) is 29.3. The highest BCUT2D eigenvalue weighted by atomic mass is 19.4. The van der Waals surface area contributed by atoms with E-state index in [-0.39, 0.29) is 12.1 Å². The van der Waals surface area contributed by atoms with E-state index in [1.165, 1.54) is 12.1 Å². The molecule has 1 N–H and O–H groups in total. The third kappa shape index (κ3) is 5.67. The number of para-hydroxylation sites is 2. The number of nitrogens with zero attached hydrogens (tertiary/aromatic N) is 4. The van der Waals surface area contributed by atoms with Crippen LogP contribution in [0.25, 0.3) is 28.1 Å². The Morgan fingerprint density at radius 1 is 0.929 bits per heavy atom. The first kappa shape index (κ1) is 27.7. The van der Waals surface area contributed by atoms with Crippen LogP contribution in [0.5, 0.6) is 5.88 Å². The Morgan fingerprint density at radius 3 is 2.36 bits per heavy atom. The van der Waals surface area contributed by atoms with Crippen LogP contribution in [0.4, 0.5) is 24.5 Å². The molecule has 3 aromatic rings. The van der Waals surface area contributed by atoms with Crippen molar-refractivity contribution < 1.29 is 22.6 Å². The third-order valence-corrected chi connectivity index (χ3v) is 7.67. The average molecular weight is 574 g/mol. The van der Waals surface area contributed by atoms with E-state index >= 15 is 0 Å². The fourth-order valence-corrected chi connectivity index (χ4v) is 5.46. The topological polar surface area (TPSA) is 73.6 Å². The van der Waals surface area contributed by atoms with Gasteiger partial charge >= 0.3 is 6.18 Å². The normalized spacial score (nSPS) is 18.0. The van der Waals surface area contributed by atoms with Crippen LogP contribution < -0.4 is 15.4 Å². The third-order valence-electron chi connectivity index (χ3n) is 7.67. The van der Waals surface area contributed by atoms with E-state index in [1.807, 2.05) is 47.0 Å². The highest BCUT2D eigenvalue weighted by Gasteiger charge is 2.30. The van der Waals surface area contributed by atoms with Gasteiger partial charge in [-0.15, -0.1) is 0 Å². The number of hydrogen-bond acceptors (Lipinski definition) is 6. The summed E-state index contributed by atoms with van der Waals surface area (Å²) in [7, 11) is 3.31. The lowest BCUT2D eigenvalue weighted by Gasteiger charge is -2.25. The second kappa shape index (κ2) is 11.4. The number of rotatable bonds is 6. The lowest BCUT2D eigenvalue weighted by molar-refractivity contribution is -0.137. The molecule has 216 valence electrons. The molecule has 6 rings (SSSR count). The van der Waals surface area contributed by atoms with E-state index in [0.29, 0.717) is 22.8 Å². The van der Waals surface area contributed by atoms with Gasteiger partial charge in [-0.25, -0.2) is 9.97 Å². The van der Waals surface area contributed by atoms with E-state index in [1.54, 1.807) is 26.5 Å². The van der Waals surface area contributed by atoms with Crippen molar-refractivity contribution in [2.45, 2.75) is 44.0 Å². The average Bonchev–Trinajstić information content (AvgIpc) is 3.00. The Bertz CT molecular complexity index is 1730. The molecule has 2 aromatic carbocycles. The minimum atomic E-state index is -4.42. The number of ether oxygens (including phenoxy) is 2. The molecule has 1 aliphatic heterocycles. The molecule has 0 bridgehead atoms. The molecule has 42 heavy (non-hydrogen) atoms. The van der Waals surface area contributed by atoms with Gasteiger partial charge in [-0.05, 0) is 80.3 Å². The molecular weight excluding hydrogens is 543 g/mol. The summed E-state index contributed by atoms with van der Waals surface area (Å²) >= 11 is 0. The fraction of sp³-hybridized carbons (Fsp3) is 0.281. The summed E-state index contributed by atoms with van der Waals surface area (Å²) in [6.07, 6.45) is 1.17. The predicted molar refractivity (Wildman–Crippen MR) is 155 cm³/mol. The van der Waals surface area contributed by atoms with Crippen molar-refractivity contribution in [3.8, 4) is 23.0 Å². The maximum absolute atomic E-state index is 13.4. The monoisotopic (exact) mass is 573 g/mol. The van der Waals surface area contributed by atoms with Gasteiger partial charge in [0.15, 0.2) is 0 Å². The Kier molecular flexibility index (Phi) is 7.55. The number of pyridine rings is 1. The second-order valence-corrected chi connectivity index (χ2v) is 10.3. The van der Waals surface area contributed by atoms with Crippen molar-refractivity contribution in [1.29, 1.82) is 0 Å². The summed E-state index contributed by atoms with van der Waals surface area (Å²) < 4.78 is 52.8. The first-order valence-electron chi connectivity index (χ1n) is 13.8. The lowest BCUT2D eigenvalue weighted by Crippen LogP contribution is -2.25. The van der Waals surface area contributed by atoms with Crippen LogP contribution in [0.1, 0.15) is 31.2 Å². The molecule has 1 fully saturated rings. The number of anilines is 2. The summed E-state index contributed by atoms with van der Waals surface area (Å²) in [6, 6.07) is 20.4. The molecule has 2 heterocycles. The first-order chi connectivity index (χ1) is 20.3. The van der Waals surface area contributed by atoms with Crippen LogP contribution in [-0.4, -0.2) is 40.9 Å². The van der Waals surface area contributed by atoms with Gasteiger partial charge in [0.2, 0.25) is 5.88 Å². The number of alkyl halides is 3. The second-order valence-electron chi connectivity index (χ2n) is 10.3. The molecule has 0 atom stereocenters. The van der Waals surface area contributed by atoms with Crippen molar-refractivity contribution >= 4 is 22.4 Å². The molecular formula is C32H30F3N5O2. The van der Waals surface area contributed by atoms with Crippen molar-refractivity contribution in [3.63, 3.8) is 0 Å². The minimum Gasteiger partial charge on any atom is -0.481 e. The van der Waals surface area contributed by atoms with E-state index in [4.69, 9.17) is 19.5 Å². The minimum absolute atomic E-state index is 0.108. The standard InChI is InChI=1S/C32H30F3N5O2/c1-41-24-14-9-21(10-15-24)37-27-18-30-28(17-26(27)38-22-11-16-31(42-2)36-19-22)39-25-5-3-4-6-29(25)40(30)23-12-7-20(8-13-23)32(33,34)35/h3-8,11-13,16-19,21,24,38H,9-10,14-15H2,1-2H3/b37-27+. The Balaban J connectivity index is 1.54. The molecule has 1 saturated carbocycles. The zero-order valence-corrected chi connectivity index (χ0v) is 23.2. The molecule has 2 aliphatic carbocycles. The number of hydrogen-bond donors (Lipinski definition) is 1. The Morgan fingerprint density at radius 2 is 1.69 bits per heavy atom. The van der Waals surface area contributed by atoms with Crippen LogP contribution in [0.3, 0.4) is 0 Å². The van der Waals surface area contributed by atoms with Crippen molar-refractivity contribution in [3.05, 3.63) is 89.9 Å². The molecule has 0 amide bonds. The molecule has 0 radical (unpaired) electrons. The number of fused-ring (bicyclic) bond motifs is 2. The largest absolute Gasteiger partial charge is 0.481 e. The molecule has 3 aliphatic rings. The van der Waals surface area contributed by atoms with E-state index < -0.39 is 11.7 Å².